The summed E-state index contributed by atoms with van der Waals surface area (Å²) in [4.78, 5) is 14.0. The van der Waals surface area contributed by atoms with E-state index in [1.54, 1.807) is 0 Å². The van der Waals surface area contributed by atoms with Gasteiger partial charge < -0.3 is 4.74 Å². The number of esters is 1. The van der Waals surface area contributed by atoms with Crippen LogP contribution in [0.2, 0.25) is 0 Å². The molecule has 0 spiro atoms. The predicted molar refractivity (Wildman–Crippen MR) is 65.2 cm³/mol. The van der Waals surface area contributed by atoms with Crippen molar-refractivity contribution in [1.29, 1.82) is 0 Å². The van der Waals surface area contributed by atoms with Crippen molar-refractivity contribution >= 4 is 5.97 Å². The number of carbonyl (C=O) groups excluding carboxylic acids is 1. The van der Waals surface area contributed by atoms with Gasteiger partial charge in [-0.3, -0.25) is 9.69 Å². The second-order valence-electron chi connectivity index (χ2n) is 4.97. The van der Waals surface area contributed by atoms with Gasteiger partial charge in [0.25, 0.3) is 0 Å². The third kappa shape index (κ3) is 3.78. The van der Waals surface area contributed by atoms with Gasteiger partial charge in [-0.1, -0.05) is 20.3 Å². The third-order valence-corrected chi connectivity index (χ3v) is 3.45. The lowest BCUT2D eigenvalue weighted by molar-refractivity contribution is -0.149. The van der Waals surface area contributed by atoms with E-state index in [0.29, 0.717) is 6.61 Å². The Labute approximate surface area is 99.1 Å². The van der Waals surface area contributed by atoms with Crippen molar-refractivity contribution in [2.75, 3.05) is 20.2 Å². The molecule has 3 nitrogen and oxygen atoms in total. The van der Waals surface area contributed by atoms with Crippen LogP contribution in [0, 0.1) is 11.8 Å². The molecule has 1 saturated carbocycles. The van der Waals surface area contributed by atoms with Gasteiger partial charge in [0.1, 0.15) is 6.04 Å². The average Bonchev–Trinajstić information content (AvgIpc) is 2.90. The SMILES string of the molecule is CCCC(C(=O)OCC)N(C)CC1CC1C. The Morgan fingerprint density at radius 2 is 2.12 bits per heavy atom. The van der Waals surface area contributed by atoms with Crippen LogP contribution < -0.4 is 0 Å². The first kappa shape index (κ1) is 13.5. The fourth-order valence-corrected chi connectivity index (χ4v) is 2.18. The van der Waals surface area contributed by atoms with Gasteiger partial charge in [0, 0.05) is 6.54 Å². The number of ether oxygens (including phenoxy) is 1. The number of likely N-dealkylation sites (N-methyl/N-ethyl adjacent to an activating group) is 1. The molecule has 0 heterocycles. The van der Waals surface area contributed by atoms with Gasteiger partial charge in [-0.05, 0) is 38.6 Å². The zero-order valence-corrected chi connectivity index (χ0v) is 11.0. The molecular weight excluding hydrogens is 202 g/mol. The summed E-state index contributed by atoms with van der Waals surface area (Å²) in [6.45, 7) is 7.76. The molecule has 0 aliphatic heterocycles. The Morgan fingerprint density at radius 3 is 2.56 bits per heavy atom. The summed E-state index contributed by atoms with van der Waals surface area (Å²) in [6.07, 6.45) is 3.23. The van der Waals surface area contributed by atoms with E-state index in [9.17, 15) is 4.79 Å². The topological polar surface area (TPSA) is 29.5 Å². The highest BCUT2D eigenvalue weighted by Crippen LogP contribution is 2.38. The summed E-state index contributed by atoms with van der Waals surface area (Å²) >= 11 is 0. The normalized spacial score (nSPS) is 25.6. The van der Waals surface area contributed by atoms with Crippen molar-refractivity contribution in [1.82, 2.24) is 4.90 Å². The highest BCUT2D eigenvalue weighted by Gasteiger charge is 2.35. The fourth-order valence-electron chi connectivity index (χ4n) is 2.18. The maximum atomic E-state index is 11.8. The molecule has 0 radical (unpaired) electrons. The largest absolute Gasteiger partial charge is 0.465 e. The van der Waals surface area contributed by atoms with Crippen molar-refractivity contribution in [2.45, 2.75) is 46.1 Å². The Hall–Kier alpha value is -0.570. The zero-order chi connectivity index (χ0) is 12.1. The summed E-state index contributed by atoms with van der Waals surface area (Å²) in [6, 6.07) is -0.0438. The van der Waals surface area contributed by atoms with Crippen LogP contribution in [0.25, 0.3) is 0 Å². The number of hydrogen-bond acceptors (Lipinski definition) is 3. The first-order valence-corrected chi connectivity index (χ1v) is 6.47. The quantitative estimate of drug-likeness (QED) is 0.625. The van der Waals surface area contributed by atoms with E-state index in [1.165, 1.54) is 6.42 Å². The number of carbonyl (C=O) groups is 1. The second-order valence-corrected chi connectivity index (χ2v) is 4.97. The molecule has 0 aromatic carbocycles. The van der Waals surface area contributed by atoms with E-state index in [-0.39, 0.29) is 12.0 Å². The first-order valence-electron chi connectivity index (χ1n) is 6.47. The minimum Gasteiger partial charge on any atom is -0.465 e. The number of nitrogens with zero attached hydrogens (tertiary/aromatic N) is 1. The van der Waals surface area contributed by atoms with Crippen LogP contribution in [0.5, 0.6) is 0 Å². The minimum absolute atomic E-state index is 0.0438. The average molecular weight is 227 g/mol. The molecular formula is C13H25NO2. The summed E-state index contributed by atoms with van der Waals surface area (Å²) in [5.41, 5.74) is 0. The fraction of sp³-hybridized carbons (Fsp3) is 0.923. The molecule has 3 heteroatoms. The van der Waals surface area contributed by atoms with E-state index in [2.05, 4.69) is 18.7 Å². The van der Waals surface area contributed by atoms with Crippen LogP contribution in [0.1, 0.15) is 40.0 Å². The standard InChI is InChI=1S/C13H25NO2/c1-5-7-12(13(15)16-6-2)14(4)9-11-8-10(11)3/h10-12H,5-9H2,1-4H3. The number of hydrogen-bond donors (Lipinski definition) is 0. The lowest BCUT2D eigenvalue weighted by Crippen LogP contribution is -2.40. The van der Waals surface area contributed by atoms with E-state index in [0.717, 1.165) is 31.2 Å². The lowest BCUT2D eigenvalue weighted by Gasteiger charge is -2.26. The molecule has 1 aliphatic rings. The molecule has 16 heavy (non-hydrogen) atoms. The van der Waals surface area contributed by atoms with Crippen LogP contribution in [0.4, 0.5) is 0 Å². The molecule has 0 N–H and O–H groups in total. The van der Waals surface area contributed by atoms with Gasteiger partial charge in [-0.2, -0.15) is 0 Å². The summed E-state index contributed by atoms with van der Waals surface area (Å²) < 4.78 is 5.13. The van der Waals surface area contributed by atoms with E-state index < -0.39 is 0 Å². The Bertz CT molecular complexity index is 230. The first-order chi connectivity index (χ1) is 7.60. The van der Waals surface area contributed by atoms with Crippen LogP contribution in [-0.4, -0.2) is 37.1 Å². The Morgan fingerprint density at radius 1 is 1.50 bits per heavy atom. The maximum absolute atomic E-state index is 11.8. The second kappa shape index (κ2) is 6.24. The van der Waals surface area contributed by atoms with Crippen molar-refractivity contribution in [3.8, 4) is 0 Å². The van der Waals surface area contributed by atoms with Crippen LogP contribution in [0.3, 0.4) is 0 Å². The molecule has 0 amide bonds. The molecule has 94 valence electrons. The van der Waals surface area contributed by atoms with Crippen LogP contribution >= 0.6 is 0 Å². The highest BCUT2D eigenvalue weighted by atomic mass is 16.5. The molecule has 0 aromatic rings. The molecule has 0 saturated heterocycles. The summed E-state index contributed by atoms with van der Waals surface area (Å²) in [5, 5.41) is 0. The summed E-state index contributed by atoms with van der Waals surface area (Å²) in [7, 11) is 2.04. The van der Waals surface area contributed by atoms with E-state index >= 15 is 0 Å². The predicted octanol–water partition coefficient (Wildman–Crippen LogP) is 2.31. The molecule has 3 atom stereocenters. The molecule has 1 fully saturated rings. The van der Waals surface area contributed by atoms with Gasteiger partial charge in [-0.25, -0.2) is 0 Å². The van der Waals surface area contributed by atoms with Crippen LogP contribution in [0.15, 0.2) is 0 Å². The Kier molecular flexibility index (Phi) is 5.26. The lowest BCUT2D eigenvalue weighted by atomic mass is 10.1. The molecule has 1 rings (SSSR count). The Balaban J connectivity index is 2.43. The van der Waals surface area contributed by atoms with E-state index in [4.69, 9.17) is 4.74 Å². The van der Waals surface area contributed by atoms with Crippen molar-refractivity contribution in [3.63, 3.8) is 0 Å². The zero-order valence-electron chi connectivity index (χ0n) is 11.0. The van der Waals surface area contributed by atoms with Gasteiger partial charge in [-0.15, -0.1) is 0 Å². The number of rotatable bonds is 7. The van der Waals surface area contributed by atoms with E-state index in [1.807, 2.05) is 14.0 Å². The summed E-state index contributed by atoms with van der Waals surface area (Å²) in [5.74, 6) is 1.57. The van der Waals surface area contributed by atoms with Gasteiger partial charge in [0.15, 0.2) is 0 Å². The van der Waals surface area contributed by atoms with Crippen molar-refractivity contribution in [2.24, 2.45) is 11.8 Å². The molecule has 0 bridgehead atoms. The molecule has 3 unspecified atom stereocenters. The van der Waals surface area contributed by atoms with Gasteiger partial charge in [0.05, 0.1) is 6.61 Å². The smallest absolute Gasteiger partial charge is 0.323 e. The maximum Gasteiger partial charge on any atom is 0.323 e. The third-order valence-electron chi connectivity index (χ3n) is 3.45. The van der Waals surface area contributed by atoms with Crippen molar-refractivity contribution < 1.29 is 9.53 Å². The van der Waals surface area contributed by atoms with Gasteiger partial charge >= 0.3 is 5.97 Å². The van der Waals surface area contributed by atoms with Crippen LogP contribution in [-0.2, 0) is 9.53 Å². The van der Waals surface area contributed by atoms with Crippen molar-refractivity contribution in [3.05, 3.63) is 0 Å². The molecule has 0 aromatic heterocycles. The monoisotopic (exact) mass is 227 g/mol. The highest BCUT2D eigenvalue weighted by molar-refractivity contribution is 5.75. The molecule has 1 aliphatic carbocycles. The van der Waals surface area contributed by atoms with Gasteiger partial charge in [0.2, 0.25) is 0 Å². The minimum atomic E-state index is -0.0554.